The van der Waals surface area contributed by atoms with Gasteiger partial charge in [0.2, 0.25) is 0 Å². The molecule has 0 atom stereocenters. The summed E-state index contributed by atoms with van der Waals surface area (Å²) in [6, 6.07) is 0.794. The minimum Gasteiger partial charge on any atom is -0.377 e. The average Bonchev–Trinajstić information content (AvgIpc) is 2.47. The van der Waals surface area contributed by atoms with Gasteiger partial charge in [0, 0.05) is 26.7 Å². The zero-order valence-electron chi connectivity index (χ0n) is 13.7. The molecule has 0 amide bonds. The van der Waals surface area contributed by atoms with Crippen LogP contribution < -0.4 is 0 Å². The molecule has 5 heteroatoms. The summed E-state index contributed by atoms with van der Waals surface area (Å²) in [5, 5.41) is 0. The molecule has 0 bridgehead atoms. The molecule has 0 spiro atoms. The van der Waals surface area contributed by atoms with Gasteiger partial charge in [0.1, 0.15) is 0 Å². The normalized spacial score (nSPS) is 11.8. The second-order valence-corrected chi connectivity index (χ2v) is 8.16. The molecule has 0 unspecified atom stereocenters. The Kier molecular flexibility index (Phi) is 12.4. The van der Waals surface area contributed by atoms with Gasteiger partial charge in [-0.05, 0) is 12.8 Å². The molecule has 0 aromatic rings. The smallest absolute Gasteiger partial charge is 0.377 e. The third kappa shape index (κ3) is 8.84. The maximum atomic E-state index is 11.8. The Hall–Kier alpha value is -0.233. The minimum atomic E-state index is -2.62. The molecule has 120 valence electrons. The van der Waals surface area contributed by atoms with E-state index in [0.29, 0.717) is 6.42 Å². The molecule has 0 heterocycles. The van der Waals surface area contributed by atoms with E-state index >= 15 is 0 Å². The van der Waals surface area contributed by atoms with Gasteiger partial charge in [-0.1, -0.05) is 46.0 Å². The van der Waals surface area contributed by atoms with Gasteiger partial charge in [-0.2, -0.15) is 0 Å². The first kappa shape index (κ1) is 19.8. The summed E-state index contributed by atoms with van der Waals surface area (Å²) in [4.78, 5) is 11.8. The molecule has 0 aromatic carbocycles. The Morgan fingerprint density at radius 2 is 1.50 bits per heavy atom. The number of carbonyl (C=O) groups excluding carboxylic acids is 1. The van der Waals surface area contributed by atoms with Crippen molar-refractivity contribution in [1.82, 2.24) is 0 Å². The molecule has 0 radical (unpaired) electrons. The van der Waals surface area contributed by atoms with Crippen LogP contribution in [0.25, 0.3) is 0 Å². The monoisotopic (exact) mass is 304 g/mol. The van der Waals surface area contributed by atoms with Crippen molar-refractivity contribution >= 4 is 14.6 Å². The summed E-state index contributed by atoms with van der Waals surface area (Å²) < 4.78 is 16.7. The highest BCUT2D eigenvalue weighted by Crippen LogP contribution is 2.19. The fraction of sp³-hybridized carbons (Fsp3) is 0.933. The maximum absolute atomic E-state index is 11.8. The van der Waals surface area contributed by atoms with E-state index in [4.69, 9.17) is 13.3 Å². The third-order valence-electron chi connectivity index (χ3n) is 3.47. The highest BCUT2D eigenvalue weighted by atomic mass is 28.4. The van der Waals surface area contributed by atoms with Gasteiger partial charge in [0.25, 0.3) is 0 Å². The van der Waals surface area contributed by atoms with Crippen molar-refractivity contribution in [3.8, 4) is 0 Å². The lowest BCUT2D eigenvalue weighted by molar-refractivity contribution is -0.122. The standard InChI is InChI=1S/C15H32O4Si/c1-5-7-9-11-13-20(17-3,18-4)19-14-15(16)12-10-8-6-2/h5-14H2,1-4H3. The summed E-state index contributed by atoms with van der Waals surface area (Å²) in [6.07, 6.45) is 8.38. The summed E-state index contributed by atoms with van der Waals surface area (Å²) in [6.45, 7) is 4.44. The van der Waals surface area contributed by atoms with Crippen molar-refractivity contribution in [2.75, 3.05) is 20.8 Å². The number of rotatable bonds is 14. The molecular weight excluding hydrogens is 272 g/mol. The van der Waals surface area contributed by atoms with E-state index in [0.717, 1.165) is 38.1 Å². The molecule has 4 nitrogen and oxygen atoms in total. The molecule has 0 aliphatic carbocycles. The van der Waals surface area contributed by atoms with Crippen LogP contribution in [0.3, 0.4) is 0 Å². The van der Waals surface area contributed by atoms with E-state index in [1.165, 1.54) is 12.8 Å². The van der Waals surface area contributed by atoms with E-state index in [9.17, 15) is 4.79 Å². The Bertz CT molecular complexity index is 242. The van der Waals surface area contributed by atoms with Gasteiger partial charge in [0.15, 0.2) is 5.78 Å². The van der Waals surface area contributed by atoms with Crippen LogP contribution in [-0.4, -0.2) is 35.4 Å². The maximum Gasteiger partial charge on any atom is 0.500 e. The van der Waals surface area contributed by atoms with Crippen LogP contribution in [0.4, 0.5) is 0 Å². The fourth-order valence-electron chi connectivity index (χ4n) is 2.08. The van der Waals surface area contributed by atoms with Gasteiger partial charge in [-0.3, -0.25) is 4.79 Å². The van der Waals surface area contributed by atoms with Crippen LogP contribution in [0.2, 0.25) is 6.04 Å². The fourth-order valence-corrected chi connectivity index (χ4v) is 4.10. The van der Waals surface area contributed by atoms with Gasteiger partial charge in [-0.25, -0.2) is 0 Å². The zero-order valence-corrected chi connectivity index (χ0v) is 14.7. The van der Waals surface area contributed by atoms with Crippen molar-refractivity contribution in [1.29, 1.82) is 0 Å². The molecule has 0 aliphatic heterocycles. The number of Topliss-reactive ketones (excluding diaryl/α,β-unsaturated/α-hetero) is 1. The van der Waals surface area contributed by atoms with E-state index in [2.05, 4.69) is 13.8 Å². The molecule has 20 heavy (non-hydrogen) atoms. The number of ketones is 1. The van der Waals surface area contributed by atoms with E-state index in [1.54, 1.807) is 14.2 Å². The third-order valence-corrected chi connectivity index (χ3v) is 6.26. The summed E-state index contributed by atoms with van der Waals surface area (Å²) >= 11 is 0. The molecule has 0 rings (SSSR count). The largest absolute Gasteiger partial charge is 0.500 e. The Balaban J connectivity index is 4.07. The van der Waals surface area contributed by atoms with Gasteiger partial charge >= 0.3 is 8.80 Å². The first-order chi connectivity index (χ1) is 9.64. The van der Waals surface area contributed by atoms with E-state index in [-0.39, 0.29) is 12.4 Å². The first-order valence-corrected chi connectivity index (χ1v) is 9.83. The number of hydrogen-bond acceptors (Lipinski definition) is 4. The van der Waals surface area contributed by atoms with Gasteiger partial charge < -0.3 is 13.3 Å². The van der Waals surface area contributed by atoms with Gasteiger partial charge in [-0.15, -0.1) is 0 Å². The highest BCUT2D eigenvalue weighted by molar-refractivity contribution is 6.60. The van der Waals surface area contributed by atoms with Crippen LogP contribution >= 0.6 is 0 Å². The first-order valence-electron chi connectivity index (χ1n) is 7.90. The van der Waals surface area contributed by atoms with Crippen LogP contribution in [0.15, 0.2) is 0 Å². The predicted molar refractivity (Wildman–Crippen MR) is 83.8 cm³/mol. The minimum absolute atomic E-state index is 0.130. The molecule has 0 saturated carbocycles. The van der Waals surface area contributed by atoms with Crippen molar-refractivity contribution in [2.45, 2.75) is 71.3 Å². The molecule has 0 aromatic heterocycles. The van der Waals surface area contributed by atoms with Crippen LogP contribution in [0.5, 0.6) is 0 Å². The number of carbonyl (C=O) groups is 1. The average molecular weight is 305 g/mol. The summed E-state index contributed by atoms with van der Waals surface area (Å²) in [5.74, 6) is 0.151. The topological polar surface area (TPSA) is 44.8 Å². The second kappa shape index (κ2) is 12.5. The lowest BCUT2D eigenvalue weighted by Crippen LogP contribution is -2.45. The van der Waals surface area contributed by atoms with Crippen LogP contribution in [0.1, 0.15) is 65.2 Å². The van der Waals surface area contributed by atoms with Crippen molar-refractivity contribution in [3.05, 3.63) is 0 Å². The molecular formula is C15H32O4Si. The highest BCUT2D eigenvalue weighted by Gasteiger charge is 2.38. The molecule has 0 saturated heterocycles. The zero-order chi connectivity index (χ0) is 15.3. The SMILES string of the molecule is CCCCCC[Si](OC)(OC)OCC(=O)CCCCC. The van der Waals surface area contributed by atoms with Crippen molar-refractivity contribution < 1.29 is 18.1 Å². The summed E-state index contributed by atoms with van der Waals surface area (Å²) in [7, 11) is 0.620. The van der Waals surface area contributed by atoms with Crippen molar-refractivity contribution in [3.63, 3.8) is 0 Å². The number of hydrogen-bond donors (Lipinski definition) is 0. The Morgan fingerprint density at radius 3 is 2.05 bits per heavy atom. The Labute approximate surface area is 125 Å². The molecule has 0 fully saturated rings. The van der Waals surface area contributed by atoms with Crippen molar-refractivity contribution in [2.24, 2.45) is 0 Å². The molecule has 0 N–H and O–H groups in total. The number of unbranched alkanes of at least 4 members (excludes halogenated alkanes) is 5. The molecule has 0 aliphatic rings. The van der Waals surface area contributed by atoms with E-state index in [1.807, 2.05) is 0 Å². The van der Waals surface area contributed by atoms with E-state index < -0.39 is 8.80 Å². The summed E-state index contributed by atoms with van der Waals surface area (Å²) in [5.41, 5.74) is 0. The predicted octanol–water partition coefficient (Wildman–Crippen LogP) is 3.96. The lowest BCUT2D eigenvalue weighted by atomic mass is 10.1. The van der Waals surface area contributed by atoms with Crippen LogP contribution in [-0.2, 0) is 18.1 Å². The van der Waals surface area contributed by atoms with Crippen LogP contribution in [0, 0.1) is 0 Å². The lowest BCUT2D eigenvalue weighted by Gasteiger charge is -2.26. The quantitative estimate of drug-likeness (QED) is 0.360. The second-order valence-electron chi connectivity index (χ2n) is 5.19. The van der Waals surface area contributed by atoms with Gasteiger partial charge in [0.05, 0.1) is 6.61 Å². The Morgan fingerprint density at radius 1 is 0.900 bits per heavy atom.